The second-order valence-corrected chi connectivity index (χ2v) is 3.36. The first-order valence-corrected chi connectivity index (χ1v) is 5.19. The largest absolute Gasteiger partial charge is 0.399 e. The Morgan fingerprint density at radius 3 is 2.47 bits per heavy atom. The van der Waals surface area contributed by atoms with Gasteiger partial charge in [0.1, 0.15) is 7.11 Å². The van der Waals surface area contributed by atoms with E-state index in [2.05, 4.69) is 20.1 Å². The Morgan fingerprint density at radius 2 is 2.06 bits per heavy atom. The summed E-state index contributed by atoms with van der Waals surface area (Å²) in [6, 6.07) is 7.60. The number of oxime groups is 1. The Balaban J connectivity index is 0.000000209. The van der Waals surface area contributed by atoms with E-state index in [1.165, 1.54) is 7.11 Å². The summed E-state index contributed by atoms with van der Waals surface area (Å²) < 4.78 is 1.72. The molecule has 0 fully saturated rings. The van der Waals surface area contributed by atoms with Crippen LogP contribution in [0.1, 0.15) is 13.8 Å². The fourth-order valence-electron chi connectivity index (χ4n) is 1.08. The standard InChI is InChI=1S/C8H7N3.C4H9NO/c1-2-5-9-8(4-1)11-7-3-6-10-11;1-4(2)5-6-3/h1-7H;1-3H3. The summed E-state index contributed by atoms with van der Waals surface area (Å²) in [7, 11) is 1.53. The Kier molecular flexibility index (Phi) is 5.43. The van der Waals surface area contributed by atoms with E-state index < -0.39 is 0 Å². The molecule has 0 bridgehead atoms. The van der Waals surface area contributed by atoms with Gasteiger partial charge in [0, 0.05) is 18.6 Å². The third kappa shape index (κ3) is 4.92. The monoisotopic (exact) mass is 232 g/mol. The lowest BCUT2D eigenvalue weighted by Crippen LogP contribution is -1.95. The molecule has 0 spiro atoms. The van der Waals surface area contributed by atoms with E-state index in [-0.39, 0.29) is 0 Å². The molecule has 2 rings (SSSR count). The highest BCUT2D eigenvalue weighted by molar-refractivity contribution is 5.78. The van der Waals surface area contributed by atoms with Crippen LogP contribution < -0.4 is 0 Å². The van der Waals surface area contributed by atoms with Crippen LogP contribution in [0.5, 0.6) is 0 Å². The molecule has 2 aromatic heterocycles. The molecule has 2 heterocycles. The SMILES string of the molecule is CON=C(C)C.c1ccc(-n2cccn2)nc1. The maximum Gasteiger partial charge on any atom is 0.153 e. The van der Waals surface area contributed by atoms with E-state index in [1.807, 2.05) is 44.3 Å². The number of hydrogen-bond donors (Lipinski definition) is 0. The van der Waals surface area contributed by atoms with Gasteiger partial charge in [-0.3, -0.25) is 0 Å². The van der Waals surface area contributed by atoms with Gasteiger partial charge >= 0.3 is 0 Å². The molecule has 0 saturated heterocycles. The van der Waals surface area contributed by atoms with Crippen LogP contribution in [0.15, 0.2) is 48.0 Å². The van der Waals surface area contributed by atoms with Gasteiger partial charge in [0.25, 0.3) is 0 Å². The molecule has 90 valence electrons. The van der Waals surface area contributed by atoms with Crippen molar-refractivity contribution >= 4 is 5.71 Å². The maximum absolute atomic E-state index is 4.39. The first-order chi connectivity index (χ1) is 8.24. The minimum atomic E-state index is 0.845. The molecule has 5 heteroatoms. The summed E-state index contributed by atoms with van der Waals surface area (Å²) in [5.41, 5.74) is 0.942. The normalized spacial score (nSPS) is 8.88. The van der Waals surface area contributed by atoms with Crippen LogP contribution in [0, 0.1) is 0 Å². The molecule has 0 atom stereocenters. The molecule has 17 heavy (non-hydrogen) atoms. The van der Waals surface area contributed by atoms with E-state index in [0.717, 1.165) is 11.5 Å². The Hall–Kier alpha value is -2.17. The van der Waals surface area contributed by atoms with Crippen molar-refractivity contribution in [3.8, 4) is 5.82 Å². The first-order valence-electron chi connectivity index (χ1n) is 5.19. The second kappa shape index (κ2) is 7.16. The van der Waals surface area contributed by atoms with Crippen molar-refractivity contribution in [1.29, 1.82) is 0 Å². The zero-order valence-electron chi connectivity index (χ0n) is 10.2. The highest BCUT2D eigenvalue weighted by Gasteiger charge is 1.92. The van der Waals surface area contributed by atoms with Crippen molar-refractivity contribution in [3.05, 3.63) is 42.9 Å². The summed E-state index contributed by atoms with van der Waals surface area (Å²) in [5, 5.41) is 7.58. The van der Waals surface area contributed by atoms with Crippen molar-refractivity contribution in [1.82, 2.24) is 14.8 Å². The molecule has 0 radical (unpaired) electrons. The molecule has 0 saturated carbocycles. The van der Waals surface area contributed by atoms with Crippen LogP contribution in [0.2, 0.25) is 0 Å². The quantitative estimate of drug-likeness (QED) is 0.589. The smallest absolute Gasteiger partial charge is 0.153 e. The van der Waals surface area contributed by atoms with Crippen LogP contribution in [-0.2, 0) is 4.84 Å². The number of rotatable bonds is 2. The van der Waals surface area contributed by atoms with Crippen LogP contribution in [-0.4, -0.2) is 27.6 Å². The molecular formula is C12H16N4O. The zero-order chi connectivity index (χ0) is 12.5. The van der Waals surface area contributed by atoms with E-state index in [4.69, 9.17) is 0 Å². The average Bonchev–Trinajstić information content (AvgIpc) is 2.84. The third-order valence-corrected chi connectivity index (χ3v) is 1.66. The average molecular weight is 232 g/mol. The van der Waals surface area contributed by atoms with Gasteiger partial charge in [0.05, 0.1) is 5.71 Å². The van der Waals surface area contributed by atoms with Crippen LogP contribution in [0.4, 0.5) is 0 Å². The summed E-state index contributed by atoms with van der Waals surface area (Å²) in [6.45, 7) is 3.76. The maximum atomic E-state index is 4.39. The molecule has 0 amide bonds. The van der Waals surface area contributed by atoms with E-state index in [9.17, 15) is 0 Å². The Labute approximate surface area is 101 Å². The number of hydrogen-bond acceptors (Lipinski definition) is 4. The lowest BCUT2D eigenvalue weighted by Gasteiger charge is -1.96. The van der Waals surface area contributed by atoms with Gasteiger partial charge in [-0.2, -0.15) is 5.10 Å². The molecule has 0 aromatic carbocycles. The lowest BCUT2D eigenvalue weighted by atomic mass is 10.5. The van der Waals surface area contributed by atoms with E-state index >= 15 is 0 Å². The van der Waals surface area contributed by atoms with Gasteiger partial charge in [0.15, 0.2) is 5.82 Å². The number of pyridine rings is 1. The Morgan fingerprint density at radius 1 is 1.24 bits per heavy atom. The summed E-state index contributed by atoms with van der Waals surface area (Å²) >= 11 is 0. The molecule has 2 aromatic rings. The van der Waals surface area contributed by atoms with Crippen LogP contribution in [0.25, 0.3) is 5.82 Å². The minimum absolute atomic E-state index is 0.845. The molecule has 0 aliphatic carbocycles. The van der Waals surface area contributed by atoms with E-state index in [1.54, 1.807) is 17.1 Å². The molecule has 0 aliphatic rings. The molecule has 0 N–H and O–H groups in total. The number of nitrogens with zero attached hydrogens (tertiary/aromatic N) is 4. The first kappa shape index (κ1) is 12.9. The van der Waals surface area contributed by atoms with Gasteiger partial charge in [-0.25, -0.2) is 9.67 Å². The van der Waals surface area contributed by atoms with Crippen molar-refractivity contribution in [2.24, 2.45) is 5.16 Å². The molecule has 0 aliphatic heterocycles. The highest BCUT2D eigenvalue weighted by Crippen LogP contribution is 1.98. The van der Waals surface area contributed by atoms with E-state index in [0.29, 0.717) is 0 Å². The van der Waals surface area contributed by atoms with Gasteiger partial charge < -0.3 is 4.84 Å². The molecule has 0 unspecified atom stereocenters. The third-order valence-electron chi connectivity index (χ3n) is 1.66. The van der Waals surface area contributed by atoms with Crippen LogP contribution >= 0.6 is 0 Å². The summed E-state index contributed by atoms with van der Waals surface area (Å²) in [6.07, 6.45) is 5.34. The predicted molar refractivity (Wildman–Crippen MR) is 67.2 cm³/mol. The van der Waals surface area contributed by atoms with Crippen molar-refractivity contribution in [3.63, 3.8) is 0 Å². The summed E-state index contributed by atoms with van der Waals surface area (Å²) in [4.78, 5) is 8.51. The lowest BCUT2D eigenvalue weighted by molar-refractivity contribution is 0.213. The topological polar surface area (TPSA) is 52.3 Å². The second-order valence-electron chi connectivity index (χ2n) is 3.36. The predicted octanol–water partition coefficient (Wildman–Crippen LogP) is 2.30. The van der Waals surface area contributed by atoms with Gasteiger partial charge in [-0.05, 0) is 32.0 Å². The van der Waals surface area contributed by atoms with Crippen molar-refractivity contribution in [2.75, 3.05) is 7.11 Å². The van der Waals surface area contributed by atoms with Crippen molar-refractivity contribution in [2.45, 2.75) is 13.8 Å². The summed E-state index contributed by atoms with van der Waals surface area (Å²) in [5.74, 6) is 0.845. The highest BCUT2D eigenvalue weighted by atomic mass is 16.6. The minimum Gasteiger partial charge on any atom is -0.399 e. The molecule has 5 nitrogen and oxygen atoms in total. The zero-order valence-corrected chi connectivity index (χ0v) is 10.2. The van der Waals surface area contributed by atoms with Gasteiger partial charge in [-0.1, -0.05) is 11.2 Å². The fraction of sp³-hybridized carbons (Fsp3) is 0.250. The van der Waals surface area contributed by atoms with Gasteiger partial charge in [0.2, 0.25) is 0 Å². The fourth-order valence-corrected chi connectivity index (χ4v) is 1.08. The van der Waals surface area contributed by atoms with Crippen LogP contribution in [0.3, 0.4) is 0 Å². The molecular weight excluding hydrogens is 216 g/mol. The number of aromatic nitrogens is 3. The van der Waals surface area contributed by atoms with Crippen molar-refractivity contribution < 1.29 is 4.84 Å². The Bertz CT molecular complexity index is 433. The van der Waals surface area contributed by atoms with Gasteiger partial charge in [-0.15, -0.1) is 0 Å².